The molecular formula is C16H23N5O3S2. The average molecular weight is 398 g/mol. The summed E-state index contributed by atoms with van der Waals surface area (Å²) in [6.07, 6.45) is 0.508. The lowest BCUT2D eigenvalue weighted by Gasteiger charge is -2.29. The predicted octanol–water partition coefficient (Wildman–Crippen LogP) is 1.26. The van der Waals surface area contributed by atoms with Crippen molar-refractivity contribution in [1.82, 2.24) is 24.5 Å². The molecule has 142 valence electrons. The van der Waals surface area contributed by atoms with E-state index < -0.39 is 15.1 Å². The molecule has 1 aliphatic rings. The highest BCUT2D eigenvalue weighted by Crippen LogP contribution is 2.25. The van der Waals surface area contributed by atoms with E-state index in [1.165, 1.54) is 11.8 Å². The second kappa shape index (κ2) is 7.15. The van der Waals surface area contributed by atoms with Crippen LogP contribution in [0.5, 0.6) is 0 Å². The molecule has 2 atom stereocenters. The summed E-state index contributed by atoms with van der Waals surface area (Å²) in [5.74, 6) is 0.637. The van der Waals surface area contributed by atoms with E-state index in [-0.39, 0.29) is 23.5 Å². The fourth-order valence-electron chi connectivity index (χ4n) is 3.26. The van der Waals surface area contributed by atoms with Gasteiger partial charge < -0.3 is 4.90 Å². The van der Waals surface area contributed by atoms with Crippen LogP contribution in [-0.4, -0.2) is 68.1 Å². The van der Waals surface area contributed by atoms with Gasteiger partial charge in [-0.2, -0.15) is 4.98 Å². The van der Waals surface area contributed by atoms with Gasteiger partial charge in [-0.15, -0.1) is 5.10 Å². The highest BCUT2D eigenvalue weighted by atomic mass is 32.2. The Morgan fingerprint density at radius 1 is 1.42 bits per heavy atom. The van der Waals surface area contributed by atoms with Crippen molar-refractivity contribution in [3.8, 4) is 0 Å². The lowest BCUT2D eigenvalue weighted by atomic mass is 10.2. The molecule has 0 spiro atoms. The first-order valence-electron chi connectivity index (χ1n) is 8.58. The highest BCUT2D eigenvalue weighted by molar-refractivity contribution is 8.00. The van der Waals surface area contributed by atoms with Crippen LogP contribution in [0.15, 0.2) is 11.2 Å². The van der Waals surface area contributed by atoms with Crippen LogP contribution in [-0.2, 0) is 14.6 Å². The highest BCUT2D eigenvalue weighted by Gasteiger charge is 2.35. The number of amides is 1. The Hall–Kier alpha value is -1.68. The molecule has 1 aliphatic heterocycles. The van der Waals surface area contributed by atoms with Gasteiger partial charge in [0.25, 0.3) is 5.78 Å². The maximum atomic E-state index is 12.8. The summed E-state index contributed by atoms with van der Waals surface area (Å²) in [6, 6.07) is 1.69. The van der Waals surface area contributed by atoms with Gasteiger partial charge in [0.05, 0.1) is 16.8 Å². The summed E-state index contributed by atoms with van der Waals surface area (Å²) in [6.45, 7) is 7.99. The first kappa shape index (κ1) is 19.1. The molecule has 3 rings (SSSR count). The zero-order chi connectivity index (χ0) is 19.1. The van der Waals surface area contributed by atoms with E-state index in [4.69, 9.17) is 0 Å². The zero-order valence-corrected chi connectivity index (χ0v) is 17.0. The minimum absolute atomic E-state index is 0.0545. The second-order valence-corrected chi connectivity index (χ2v) is 10.1. The Morgan fingerprint density at radius 2 is 2.15 bits per heavy atom. The van der Waals surface area contributed by atoms with Crippen molar-refractivity contribution in [2.75, 3.05) is 18.1 Å². The minimum Gasteiger partial charge on any atom is -0.338 e. The Balaban J connectivity index is 1.75. The normalized spacial score (nSPS) is 20.4. The minimum atomic E-state index is -3.03. The van der Waals surface area contributed by atoms with Crippen LogP contribution in [0.25, 0.3) is 5.78 Å². The molecule has 2 aromatic heterocycles. The number of nitrogens with zero attached hydrogens (tertiary/aromatic N) is 5. The third kappa shape index (κ3) is 3.85. The van der Waals surface area contributed by atoms with Crippen LogP contribution in [0, 0.1) is 13.8 Å². The van der Waals surface area contributed by atoms with E-state index in [2.05, 4.69) is 15.1 Å². The molecule has 2 aromatic rings. The lowest BCUT2D eigenvalue weighted by Crippen LogP contribution is -2.44. The maximum Gasteiger partial charge on any atom is 0.253 e. The van der Waals surface area contributed by atoms with Gasteiger partial charge in [0, 0.05) is 24.0 Å². The molecule has 1 saturated heterocycles. The van der Waals surface area contributed by atoms with Gasteiger partial charge in [0.15, 0.2) is 9.84 Å². The number of carbonyl (C=O) groups is 1. The maximum absolute atomic E-state index is 12.8. The van der Waals surface area contributed by atoms with E-state index >= 15 is 0 Å². The molecule has 26 heavy (non-hydrogen) atoms. The lowest BCUT2D eigenvalue weighted by molar-refractivity contribution is -0.131. The smallest absolute Gasteiger partial charge is 0.253 e. The number of carbonyl (C=O) groups excluding carboxylic acids is 1. The third-order valence-corrected chi connectivity index (χ3v) is 7.19. The quantitative estimate of drug-likeness (QED) is 0.701. The fourth-order valence-corrected chi connectivity index (χ4v) is 5.80. The standard InChI is InChI=1S/C16H23N5O3S2/c1-5-20(13-6-7-26(23,24)9-13)14(22)12(4)25-16-18-15-17-10(2)8-11(3)21(15)19-16/h8,12-13H,5-7,9H2,1-4H3/t12-,13+/m0/s1. The summed E-state index contributed by atoms with van der Waals surface area (Å²) in [5, 5.41) is 4.50. The van der Waals surface area contributed by atoms with Crippen molar-refractivity contribution in [2.24, 2.45) is 0 Å². The second-order valence-electron chi connectivity index (χ2n) is 6.59. The summed E-state index contributed by atoms with van der Waals surface area (Å²) in [5.41, 5.74) is 1.79. The number of aromatic nitrogens is 4. The van der Waals surface area contributed by atoms with Gasteiger partial charge in [0.2, 0.25) is 11.1 Å². The Bertz CT molecular complexity index is 941. The van der Waals surface area contributed by atoms with Gasteiger partial charge in [0.1, 0.15) is 0 Å². The zero-order valence-electron chi connectivity index (χ0n) is 15.3. The van der Waals surface area contributed by atoms with Crippen LogP contribution in [0.4, 0.5) is 0 Å². The van der Waals surface area contributed by atoms with Gasteiger partial charge >= 0.3 is 0 Å². The fraction of sp³-hybridized carbons (Fsp3) is 0.625. The van der Waals surface area contributed by atoms with Crippen LogP contribution >= 0.6 is 11.8 Å². The topological polar surface area (TPSA) is 97.5 Å². The molecule has 8 nitrogen and oxygen atoms in total. The van der Waals surface area contributed by atoms with Crippen LogP contribution in [0.1, 0.15) is 31.7 Å². The van der Waals surface area contributed by atoms with Crippen LogP contribution < -0.4 is 0 Å². The molecule has 0 radical (unpaired) electrons. The summed E-state index contributed by atoms with van der Waals surface area (Å²) < 4.78 is 25.1. The first-order chi connectivity index (χ1) is 12.2. The number of sulfone groups is 1. The van der Waals surface area contributed by atoms with E-state index in [1.54, 1.807) is 16.3 Å². The number of rotatable bonds is 5. The molecule has 1 fully saturated rings. The molecule has 0 N–H and O–H groups in total. The molecule has 1 amide bonds. The van der Waals surface area contributed by atoms with Crippen molar-refractivity contribution in [1.29, 1.82) is 0 Å². The van der Waals surface area contributed by atoms with Crippen molar-refractivity contribution >= 4 is 33.3 Å². The van der Waals surface area contributed by atoms with Crippen LogP contribution in [0.3, 0.4) is 0 Å². The number of aryl methyl sites for hydroxylation is 2. The van der Waals surface area contributed by atoms with Crippen molar-refractivity contribution in [2.45, 2.75) is 50.6 Å². The summed E-state index contributed by atoms with van der Waals surface area (Å²) in [7, 11) is -3.03. The number of thioether (sulfide) groups is 1. The van der Waals surface area contributed by atoms with Gasteiger partial charge in [-0.25, -0.2) is 17.9 Å². The number of fused-ring (bicyclic) bond motifs is 1. The molecule has 0 saturated carbocycles. The first-order valence-corrected chi connectivity index (χ1v) is 11.3. The van der Waals surface area contributed by atoms with Crippen molar-refractivity contribution in [3.05, 3.63) is 17.5 Å². The van der Waals surface area contributed by atoms with Gasteiger partial charge in [-0.05, 0) is 40.2 Å². The van der Waals surface area contributed by atoms with E-state index in [9.17, 15) is 13.2 Å². The van der Waals surface area contributed by atoms with Gasteiger partial charge in [-0.3, -0.25) is 4.79 Å². The molecule has 0 bridgehead atoms. The van der Waals surface area contributed by atoms with Crippen molar-refractivity contribution in [3.63, 3.8) is 0 Å². The van der Waals surface area contributed by atoms with E-state index in [0.29, 0.717) is 23.9 Å². The molecule has 10 heteroatoms. The number of hydrogen-bond donors (Lipinski definition) is 0. The molecule has 0 aliphatic carbocycles. The average Bonchev–Trinajstić information content (AvgIpc) is 3.10. The Labute approximate surface area is 157 Å². The Morgan fingerprint density at radius 3 is 2.77 bits per heavy atom. The molecule has 0 unspecified atom stereocenters. The summed E-state index contributed by atoms with van der Waals surface area (Å²) in [4.78, 5) is 23.3. The van der Waals surface area contributed by atoms with Gasteiger partial charge in [-0.1, -0.05) is 11.8 Å². The SMILES string of the molecule is CCN(C(=O)[C@H](C)Sc1nc2nc(C)cc(C)n2n1)[C@@H]1CCS(=O)(=O)C1. The molecule has 3 heterocycles. The monoisotopic (exact) mass is 397 g/mol. The van der Waals surface area contributed by atoms with Crippen LogP contribution in [0.2, 0.25) is 0 Å². The largest absolute Gasteiger partial charge is 0.338 e. The number of hydrogen-bond acceptors (Lipinski definition) is 7. The predicted molar refractivity (Wildman–Crippen MR) is 100 cm³/mol. The third-order valence-electron chi connectivity index (χ3n) is 4.50. The summed E-state index contributed by atoms with van der Waals surface area (Å²) >= 11 is 1.27. The van der Waals surface area contributed by atoms with Crippen molar-refractivity contribution < 1.29 is 13.2 Å². The Kier molecular flexibility index (Phi) is 5.25. The van der Waals surface area contributed by atoms with E-state index in [0.717, 1.165) is 11.4 Å². The molecule has 0 aromatic carbocycles. The van der Waals surface area contributed by atoms with E-state index in [1.807, 2.05) is 26.8 Å². The molecular weight excluding hydrogens is 374 g/mol.